The molecule has 0 radical (unpaired) electrons. The van der Waals surface area contributed by atoms with E-state index < -0.39 is 0 Å². The largest absolute Gasteiger partial charge is 0.300 e. The normalized spacial score (nSPS) is 17.0. The van der Waals surface area contributed by atoms with Gasteiger partial charge in [-0.3, -0.25) is 0 Å². The van der Waals surface area contributed by atoms with E-state index in [1.807, 2.05) is 0 Å². The molecule has 0 aromatic rings. The molecule has 60 valence electrons. The van der Waals surface area contributed by atoms with E-state index in [0.717, 1.165) is 0 Å². The zero-order chi connectivity index (χ0) is 7.82. The number of carbonyl (C=O) groups excluding carboxylic acids is 1. The summed E-state index contributed by atoms with van der Waals surface area (Å²) in [4.78, 5) is 9.44. The fourth-order valence-corrected chi connectivity index (χ4v) is 1.06. The van der Waals surface area contributed by atoms with E-state index in [0.29, 0.717) is 0 Å². The van der Waals surface area contributed by atoms with Crippen LogP contribution in [0.5, 0.6) is 0 Å². The van der Waals surface area contributed by atoms with E-state index >= 15 is 0 Å². The maximum Gasteiger partial charge on any atom is 0.126 e. The SMILES string of the molecule is C1CCCCC1.CC(C)=O. The summed E-state index contributed by atoms with van der Waals surface area (Å²) in [7, 11) is 0. The lowest BCUT2D eigenvalue weighted by atomic mass is 10.0. The maximum absolute atomic E-state index is 9.44. The molecule has 0 spiro atoms. The van der Waals surface area contributed by atoms with Gasteiger partial charge in [-0.1, -0.05) is 38.5 Å². The molecule has 1 nitrogen and oxygen atoms in total. The van der Waals surface area contributed by atoms with Crippen LogP contribution >= 0.6 is 0 Å². The van der Waals surface area contributed by atoms with Crippen molar-refractivity contribution in [3.63, 3.8) is 0 Å². The van der Waals surface area contributed by atoms with Gasteiger partial charge in [0.05, 0.1) is 0 Å². The molecule has 1 rings (SSSR count). The maximum atomic E-state index is 9.44. The van der Waals surface area contributed by atoms with Crippen LogP contribution < -0.4 is 0 Å². The van der Waals surface area contributed by atoms with Crippen molar-refractivity contribution in [2.45, 2.75) is 52.4 Å². The van der Waals surface area contributed by atoms with Gasteiger partial charge in [0.15, 0.2) is 0 Å². The minimum Gasteiger partial charge on any atom is -0.300 e. The first kappa shape index (κ1) is 9.67. The van der Waals surface area contributed by atoms with E-state index in [4.69, 9.17) is 0 Å². The van der Waals surface area contributed by atoms with E-state index in [9.17, 15) is 4.79 Å². The number of ketones is 1. The summed E-state index contributed by atoms with van der Waals surface area (Å²) in [5, 5.41) is 0. The second-order valence-corrected chi connectivity index (χ2v) is 3.03. The average Bonchev–Trinajstić information content (AvgIpc) is 1.90. The third kappa shape index (κ3) is 10.6. The standard InChI is InChI=1S/C6H12.C3H6O/c1-2-4-6-5-3-1;1-3(2)4/h1-6H2;1-2H3. The molecule has 0 atom stereocenters. The zero-order valence-electron chi connectivity index (χ0n) is 7.15. The Morgan fingerprint density at radius 2 is 0.900 bits per heavy atom. The van der Waals surface area contributed by atoms with Crippen LogP contribution in [0.4, 0.5) is 0 Å². The smallest absolute Gasteiger partial charge is 0.126 e. The van der Waals surface area contributed by atoms with Crippen molar-refractivity contribution in [3.05, 3.63) is 0 Å². The lowest BCUT2D eigenvalue weighted by Crippen LogP contribution is -1.85. The molecule has 1 aliphatic rings. The van der Waals surface area contributed by atoms with Crippen LogP contribution in [-0.4, -0.2) is 5.78 Å². The molecule has 0 aromatic heterocycles. The number of hydrogen-bond acceptors (Lipinski definition) is 1. The Kier molecular flexibility index (Phi) is 6.56. The second kappa shape index (κ2) is 6.79. The molecule has 1 saturated carbocycles. The number of carbonyl (C=O) groups is 1. The van der Waals surface area contributed by atoms with Gasteiger partial charge >= 0.3 is 0 Å². The minimum atomic E-state index is 0.167. The number of Topliss-reactive ketones (excluding diaryl/α,β-unsaturated/α-hetero) is 1. The molecule has 0 aromatic carbocycles. The predicted octanol–water partition coefficient (Wildman–Crippen LogP) is 2.94. The molecule has 0 amide bonds. The first-order valence-corrected chi connectivity index (χ1v) is 4.20. The van der Waals surface area contributed by atoms with Crippen molar-refractivity contribution in [2.75, 3.05) is 0 Å². The Balaban J connectivity index is 0.000000180. The van der Waals surface area contributed by atoms with Crippen molar-refractivity contribution in [1.29, 1.82) is 0 Å². The highest BCUT2D eigenvalue weighted by Crippen LogP contribution is 2.15. The van der Waals surface area contributed by atoms with Crippen LogP contribution in [0.3, 0.4) is 0 Å². The van der Waals surface area contributed by atoms with Crippen molar-refractivity contribution < 1.29 is 4.79 Å². The Morgan fingerprint density at radius 1 is 0.800 bits per heavy atom. The third-order valence-electron chi connectivity index (χ3n) is 1.50. The van der Waals surface area contributed by atoms with Crippen LogP contribution in [0.2, 0.25) is 0 Å². The molecule has 0 unspecified atom stereocenters. The summed E-state index contributed by atoms with van der Waals surface area (Å²) >= 11 is 0. The molecule has 1 heteroatoms. The van der Waals surface area contributed by atoms with Gasteiger partial charge in [0.2, 0.25) is 0 Å². The fraction of sp³-hybridized carbons (Fsp3) is 0.889. The lowest BCUT2D eigenvalue weighted by Gasteiger charge is -2.05. The molecule has 0 N–H and O–H groups in total. The molecular formula is C9H18O. The lowest BCUT2D eigenvalue weighted by molar-refractivity contribution is -0.114. The zero-order valence-corrected chi connectivity index (χ0v) is 7.15. The summed E-state index contributed by atoms with van der Waals surface area (Å²) in [6.45, 7) is 3.06. The van der Waals surface area contributed by atoms with Gasteiger partial charge in [-0.15, -0.1) is 0 Å². The highest BCUT2D eigenvalue weighted by molar-refractivity contribution is 5.72. The highest BCUT2D eigenvalue weighted by Gasteiger charge is 1.95. The van der Waals surface area contributed by atoms with Crippen LogP contribution in [0.15, 0.2) is 0 Å². The van der Waals surface area contributed by atoms with E-state index in [1.54, 1.807) is 0 Å². The van der Waals surface area contributed by atoms with Gasteiger partial charge in [0.25, 0.3) is 0 Å². The first-order chi connectivity index (χ1) is 4.73. The second-order valence-electron chi connectivity index (χ2n) is 3.03. The summed E-state index contributed by atoms with van der Waals surface area (Å²) < 4.78 is 0. The van der Waals surface area contributed by atoms with Crippen molar-refractivity contribution in [2.24, 2.45) is 0 Å². The Hall–Kier alpha value is -0.330. The molecule has 0 bridgehead atoms. The Bertz CT molecular complexity index is 67.2. The average molecular weight is 142 g/mol. The monoisotopic (exact) mass is 142 g/mol. The van der Waals surface area contributed by atoms with Crippen LogP contribution in [-0.2, 0) is 4.79 Å². The van der Waals surface area contributed by atoms with Gasteiger partial charge in [0.1, 0.15) is 5.78 Å². The first-order valence-electron chi connectivity index (χ1n) is 4.20. The summed E-state index contributed by atoms with van der Waals surface area (Å²) in [5.41, 5.74) is 0. The van der Waals surface area contributed by atoms with Crippen molar-refractivity contribution >= 4 is 5.78 Å². The third-order valence-corrected chi connectivity index (χ3v) is 1.50. The minimum absolute atomic E-state index is 0.167. The molecular weight excluding hydrogens is 124 g/mol. The molecule has 0 aliphatic heterocycles. The Morgan fingerprint density at radius 3 is 1.00 bits per heavy atom. The highest BCUT2D eigenvalue weighted by atomic mass is 16.1. The van der Waals surface area contributed by atoms with Gasteiger partial charge in [-0.25, -0.2) is 0 Å². The molecule has 0 saturated heterocycles. The molecule has 10 heavy (non-hydrogen) atoms. The van der Waals surface area contributed by atoms with Crippen LogP contribution in [0.25, 0.3) is 0 Å². The summed E-state index contributed by atoms with van der Waals surface area (Å²) in [6, 6.07) is 0. The summed E-state index contributed by atoms with van der Waals surface area (Å²) in [5.74, 6) is 0.167. The van der Waals surface area contributed by atoms with E-state index in [1.165, 1.54) is 52.4 Å². The molecule has 1 fully saturated rings. The fourth-order valence-electron chi connectivity index (χ4n) is 1.06. The quantitative estimate of drug-likeness (QED) is 0.508. The van der Waals surface area contributed by atoms with E-state index in [-0.39, 0.29) is 5.78 Å². The van der Waals surface area contributed by atoms with Gasteiger partial charge in [-0.2, -0.15) is 0 Å². The Labute approximate surface area is 63.8 Å². The van der Waals surface area contributed by atoms with Crippen LogP contribution in [0, 0.1) is 0 Å². The van der Waals surface area contributed by atoms with E-state index in [2.05, 4.69) is 0 Å². The number of hydrogen-bond donors (Lipinski definition) is 0. The van der Waals surface area contributed by atoms with Crippen LogP contribution in [0.1, 0.15) is 52.4 Å². The molecule has 0 heterocycles. The van der Waals surface area contributed by atoms with Crippen molar-refractivity contribution in [1.82, 2.24) is 0 Å². The number of rotatable bonds is 0. The molecule has 1 aliphatic carbocycles. The summed E-state index contributed by atoms with van der Waals surface area (Å²) in [6.07, 6.45) is 9.00. The van der Waals surface area contributed by atoms with Gasteiger partial charge in [0, 0.05) is 0 Å². The van der Waals surface area contributed by atoms with Gasteiger partial charge in [-0.05, 0) is 13.8 Å². The topological polar surface area (TPSA) is 17.1 Å². The van der Waals surface area contributed by atoms with Crippen molar-refractivity contribution in [3.8, 4) is 0 Å². The van der Waals surface area contributed by atoms with Gasteiger partial charge < -0.3 is 4.79 Å². The predicted molar refractivity (Wildman–Crippen MR) is 44.1 cm³/mol.